The third kappa shape index (κ3) is 3.18. The van der Waals surface area contributed by atoms with Gasteiger partial charge in [-0.15, -0.1) is 0 Å². The number of benzene rings is 1. The SMILES string of the molecule is CC(C)(Nc1ccc([N+](=O)[O-])cc1C(=O)O)C(N)=O. The van der Waals surface area contributed by atoms with Crippen molar-refractivity contribution in [3.05, 3.63) is 33.9 Å². The van der Waals surface area contributed by atoms with E-state index in [9.17, 15) is 19.7 Å². The molecule has 0 heterocycles. The highest BCUT2D eigenvalue weighted by molar-refractivity contribution is 5.97. The largest absolute Gasteiger partial charge is 0.478 e. The third-order valence-corrected chi connectivity index (χ3v) is 2.51. The lowest BCUT2D eigenvalue weighted by Gasteiger charge is -2.24. The fraction of sp³-hybridized carbons (Fsp3) is 0.273. The van der Waals surface area contributed by atoms with Crippen molar-refractivity contribution in [1.29, 1.82) is 0 Å². The number of hydrogen-bond acceptors (Lipinski definition) is 5. The number of nitro groups is 1. The molecule has 0 aliphatic carbocycles. The number of carbonyl (C=O) groups is 2. The first-order valence-corrected chi connectivity index (χ1v) is 5.25. The van der Waals surface area contributed by atoms with E-state index in [2.05, 4.69) is 5.32 Å². The maximum Gasteiger partial charge on any atom is 0.338 e. The van der Waals surface area contributed by atoms with Gasteiger partial charge < -0.3 is 16.2 Å². The highest BCUT2D eigenvalue weighted by atomic mass is 16.6. The van der Waals surface area contributed by atoms with Crippen LogP contribution in [0.4, 0.5) is 11.4 Å². The molecule has 1 rings (SSSR count). The topological polar surface area (TPSA) is 136 Å². The van der Waals surface area contributed by atoms with Crippen LogP contribution in [-0.2, 0) is 4.79 Å². The number of nitro benzene ring substituents is 1. The Morgan fingerprint density at radius 1 is 1.42 bits per heavy atom. The Balaban J connectivity index is 3.25. The van der Waals surface area contributed by atoms with Gasteiger partial charge in [0.05, 0.1) is 16.2 Å². The van der Waals surface area contributed by atoms with E-state index in [0.29, 0.717) is 0 Å². The molecule has 102 valence electrons. The Kier molecular flexibility index (Phi) is 3.74. The third-order valence-electron chi connectivity index (χ3n) is 2.51. The summed E-state index contributed by atoms with van der Waals surface area (Å²) < 4.78 is 0. The summed E-state index contributed by atoms with van der Waals surface area (Å²) in [6.07, 6.45) is 0. The molecule has 19 heavy (non-hydrogen) atoms. The number of hydrogen-bond donors (Lipinski definition) is 3. The molecular formula is C11H13N3O5. The van der Waals surface area contributed by atoms with Crippen LogP contribution in [0, 0.1) is 10.1 Å². The molecular weight excluding hydrogens is 254 g/mol. The summed E-state index contributed by atoms with van der Waals surface area (Å²) in [7, 11) is 0. The van der Waals surface area contributed by atoms with E-state index in [1.807, 2.05) is 0 Å². The van der Waals surface area contributed by atoms with Crippen molar-refractivity contribution in [2.24, 2.45) is 5.73 Å². The lowest BCUT2D eigenvalue weighted by Crippen LogP contribution is -2.45. The van der Waals surface area contributed by atoms with Crippen molar-refractivity contribution in [3.63, 3.8) is 0 Å². The van der Waals surface area contributed by atoms with Gasteiger partial charge in [-0.1, -0.05) is 0 Å². The summed E-state index contributed by atoms with van der Waals surface area (Å²) in [6, 6.07) is 3.29. The van der Waals surface area contributed by atoms with Gasteiger partial charge in [0.2, 0.25) is 5.91 Å². The zero-order valence-electron chi connectivity index (χ0n) is 10.3. The van der Waals surface area contributed by atoms with Crippen molar-refractivity contribution in [2.45, 2.75) is 19.4 Å². The standard InChI is InChI=1S/C11H13N3O5/c1-11(2,10(12)17)13-8-4-3-6(14(18)19)5-7(8)9(15)16/h3-5,13H,1-2H3,(H2,12,17)(H,15,16). The van der Waals surface area contributed by atoms with Gasteiger partial charge in [0.1, 0.15) is 5.54 Å². The van der Waals surface area contributed by atoms with Crippen LogP contribution in [0.3, 0.4) is 0 Å². The first-order valence-electron chi connectivity index (χ1n) is 5.25. The van der Waals surface area contributed by atoms with Crippen LogP contribution in [-0.4, -0.2) is 27.4 Å². The van der Waals surface area contributed by atoms with Crippen LogP contribution in [0.5, 0.6) is 0 Å². The molecule has 4 N–H and O–H groups in total. The number of carboxylic acid groups (broad SMARTS) is 1. The number of nitrogens with one attached hydrogen (secondary N) is 1. The van der Waals surface area contributed by atoms with Gasteiger partial charge in [-0.25, -0.2) is 4.79 Å². The van der Waals surface area contributed by atoms with Crippen molar-refractivity contribution < 1.29 is 19.6 Å². The maximum atomic E-state index is 11.2. The van der Waals surface area contributed by atoms with Crippen molar-refractivity contribution in [3.8, 4) is 0 Å². The number of non-ortho nitro benzene ring substituents is 1. The lowest BCUT2D eigenvalue weighted by molar-refractivity contribution is -0.384. The van der Waals surface area contributed by atoms with Crippen molar-refractivity contribution >= 4 is 23.3 Å². The average molecular weight is 267 g/mol. The van der Waals surface area contributed by atoms with Crippen LogP contribution in [0.15, 0.2) is 18.2 Å². The van der Waals surface area contributed by atoms with Gasteiger partial charge in [0, 0.05) is 12.1 Å². The number of rotatable bonds is 5. The number of amides is 1. The molecule has 0 saturated heterocycles. The number of carboxylic acids is 1. The van der Waals surface area contributed by atoms with E-state index in [-0.39, 0.29) is 16.9 Å². The Hall–Kier alpha value is -2.64. The van der Waals surface area contributed by atoms with Gasteiger partial charge in [-0.2, -0.15) is 0 Å². The zero-order valence-corrected chi connectivity index (χ0v) is 10.3. The normalized spacial score (nSPS) is 10.8. The second-order valence-electron chi connectivity index (χ2n) is 4.41. The minimum atomic E-state index is -1.34. The molecule has 0 radical (unpaired) electrons. The Morgan fingerprint density at radius 3 is 2.42 bits per heavy atom. The predicted molar refractivity (Wildman–Crippen MR) is 67.0 cm³/mol. The van der Waals surface area contributed by atoms with E-state index in [1.54, 1.807) is 0 Å². The van der Waals surface area contributed by atoms with Crippen molar-refractivity contribution in [2.75, 3.05) is 5.32 Å². The summed E-state index contributed by atoms with van der Waals surface area (Å²) in [6.45, 7) is 2.95. The van der Waals surface area contributed by atoms with Gasteiger partial charge in [0.15, 0.2) is 0 Å². The molecule has 8 heteroatoms. The first kappa shape index (κ1) is 14.4. The van der Waals surface area contributed by atoms with Gasteiger partial charge in [0.25, 0.3) is 5.69 Å². The molecule has 1 amide bonds. The van der Waals surface area contributed by atoms with E-state index in [4.69, 9.17) is 10.8 Å². The second kappa shape index (κ2) is 4.92. The van der Waals surface area contributed by atoms with Crippen LogP contribution in [0.2, 0.25) is 0 Å². The van der Waals surface area contributed by atoms with E-state index < -0.39 is 22.3 Å². The average Bonchev–Trinajstić information content (AvgIpc) is 2.28. The molecule has 0 saturated carbocycles. The van der Waals surface area contributed by atoms with E-state index in [0.717, 1.165) is 12.1 Å². The molecule has 1 aromatic rings. The fourth-order valence-electron chi connectivity index (χ4n) is 1.33. The summed E-state index contributed by atoms with van der Waals surface area (Å²) >= 11 is 0. The molecule has 0 atom stereocenters. The van der Waals surface area contributed by atoms with Crippen LogP contribution in [0.1, 0.15) is 24.2 Å². The first-order chi connectivity index (χ1) is 8.65. The fourth-order valence-corrected chi connectivity index (χ4v) is 1.33. The minimum Gasteiger partial charge on any atom is -0.478 e. The monoisotopic (exact) mass is 267 g/mol. The molecule has 0 unspecified atom stereocenters. The second-order valence-corrected chi connectivity index (χ2v) is 4.41. The smallest absolute Gasteiger partial charge is 0.338 e. The van der Waals surface area contributed by atoms with E-state index >= 15 is 0 Å². The van der Waals surface area contributed by atoms with E-state index in [1.165, 1.54) is 19.9 Å². The number of nitrogens with two attached hydrogens (primary N) is 1. The minimum absolute atomic E-state index is 0.0851. The molecule has 0 aliphatic heterocycles. The van der Waals surface area contributed by atoms with Gasteiger partial charge in [-0.3, -0.25) is 14.9 Å². The molecule has 8 nitrogen and oxygen atoms in total. The molecule has 0 spiro atoms. The number of aromatic carboxylic acids is 1. The highest BCUT2D eigenvalue weighted by Gasteiger charge is 2.27. The van der Waals surface area contributed by atoms with Crippen LogP contribution in [0.25, 0.3) is 0 Å². The Morgan fingerprint density at radius 2 is 2.00 bits per heavy atom. The molecule has 0 fully saturated rings. The molecule has 0 aromatic heterocycles. The van der Waals surface area contributed by atoms with Gasteiger partial charge >= 0.3 is 5.97 Å². The quantitative estimate of drug-likeness (QED) is 0.537. The van der Waals surface area contributed by atoms with Crippen LogP contribution >= 0.6 is 0 Å². The predicted octanol–water partition coefficient (Wildman–Crippen LogP) is 0.969. The van der Waals surface area contributed by atoms with Gasteiger partial charge in [-0.05, 0) is 19.9 Å². The lowest BCUT2D eigenvalue weighted by atomic mass is 10.0. The number of nitrogens with zero attached hydrogens (tertiary/aromatic N) is 1. The highest BCUT2D eigenvalue weighted by Crippen LogP contribution is 2.24. The van der Waals surface area contributed by atoms with Crippen molar-refractivity contribution in [1.82, 2.24) is 0 Å². The molecule has 0 bridgehead atoms. The summed E-state index contributed by atoms with van der Waals surface area (Å²) in [5.41, 5.74) is 3.42. The van der Waals surface area contributed by atoms with Crippen LogP contribution < -0.4 is 11.1 Å². The summed E-state index contributed by atoms with van der Waals surface area (Å²) in [4.78, 5) is 32.2. The zero-order chi connectivity index (χ0) is 14.8. The summed E-state index contributed by atoms with van der Waals surface area (Å²) in [5, 5.41) is 22.3. The number of primary amides is 1. The maximum absolute atomic E-state index is 11.2. The Labute approximate surface area is 108 Å². The number of carbonyl (C=O) groups excluding carboxylic acids is 1. The Bertz CT molecular complexity index is 553. The summed E-state index contributed by atoms with van der Waals surface area (Å²) in [5.74, 6) is -2.02. The molecule has 1 aromatic carbocycles. The molecule has 0 aliphatic rings. The number of anilines is 1.